The molecule has 0 aromatic rings. The molecule has 0 aromatic carbocycles. The van der Waals surface area contributed by atoms with E-state index < -0.39 is 6.17 Å². The predicted molar refractivity (Wildman–Crippen MR) is 35.4 cm³/mol. The largest absolute Gasteiger partial charge is 0.358 e. The maximum absolute atomic E-state index is 12.4. The van der Waals surface area contributed by atoms with Crippen molar-refractivity contribution in [2.24, 2.45) is 0 Å². The van der Waals surface area contributed by atoms with Crippen molar-refractivity contribution < 1.29 is 9.18 Å². The van der Waals surface area contributed by atoms with Crippen molar-refractivity contribution >= 4 is 5.91 Å². The van der Waals surface area contributed by atoms with Crippen molar-refractivity contribution in [3.05, 3.63) is 0 Å². The second-order valence-corrected chi connectivity index (χ2v) is 2.41. The lowest BCUT2D eigenvalue weighted by Gasteiger charge is -2.05. The van der Waals surface area contributed by atoms with Gasteiger partial charge in [0, 0.05) is 20.0 Å². The molecule has 1 fully saturated rings. The van der Waals surface area contributed by atoms with Gasteiger partial charge in [-0.2, -0.15) is 0 Å². The van der Waals surface area contributed by atoms with Gasteiger partial charge in [0.2, 0.25) is 5.91 Å². The van der Waals surface area contributed by atoms with Crippen LogP contribution in [0.2, 0.25) is 0 Å². The van der Waals surface area contributed by atoms with Crippen LogP contribution in [0.1, 0.15) is 6.42 Å². The number of rotatable bonds is 1. The van der Waals surface area contributed by atoms with Crippen molar-refractivity contribution in [1.29, 1.82) is 0 Å². The van der Waals surface area contributed by atoms with E-state index in [-0.39, 0.29) is 11.9 Å². The summed E-state index contributed by atoms with van der Waals surface area (Å²) in [5, 5.41) is 5.23. The van der Waals surface area contributed by atoms with Gasteiger partial charge in [0.05, 0.1) is 6.04 Å². The van der Waals surface area contributed by atoms with Crippen LogP contribution in [-0.4, -0.2) is 31.7 Å². The molecule has 0 unspecified atom stereocenters. The van der Waals surface area contributed by atoms with E-state index >= 15 is 0 Å². The van der Waals surface area contributed by atoms with Gasteiger partial charge in [0.15, 0.2) is 0 Å². The van der Waals surface area contributed by atoms with Crippen LogP contribution < -0.4 is 10.6 Å². The fraction of sp³-hybridized carbons (Fsp3) is 0.833. The Hall–Kier alpha value is -0.640. The molecule has 3 nitrogen and oxygen atoms in total. The molecule has 2 N–H and O–H groups in total. The molecule has 0 aliphatic carbocycles. The van der Waals surface area contributed by atoms with Gasteiger partial charge in [0.25, 0.3) is 0 Å². The fourth-order valence-corrected chi connectivity index (χ4v) is 1.07. The third-order valence-electron chi connectivity index (χ3n) is 1.64. The molecule has 2 atom stereocenters. The first kappa shape index (κ1) is 7.47. The number of halogens is 1. The summed E-state index contributed by atoms with van der Waals surface area (Å²) in [5.41, 5.74) is 0. The highest BCUT2D eigenvalue weighted by molar-refractivity contribution is 5.81. The fourth-order valence-electron chi connectivity index (χ4n) is 1.07. The minimum Gasteiger partial charge on any atom is -0.358 e. The molecule has 1 aliphatic rings. The molecule has 1 heterocycles. The third kappa shape index (κ3) is 1.44. The summed E-state index contributed by atoms with van der Waals surface area (Å²) in [7, 11) is 1.55. The van der Waals surface area contributed by atoms with Gasteiger partial charge < -0.3 is 10.6 Å². The molecule has 58 valence electrons. The molecule has 1 saturated heterocycles. The normalized spacial score (nSPS) is 32.2. The van der Waals surface area contributed by atoms with Gasteiger partial charge in [-0.25, -0.2) is 4.39 Å². The molecule has 0 spiro atoms. The quantitative estimate of drug-likeness (QED) is 0.520. The summed E-state index contributed by atoms with van der Waals surface area (Å²) >= 11 is 0. The number of carbonyl (C=O) groups excluding carboxylic acids is 1. The molecule has 4 heteroatoms. The van der Waals surface area contributed by atoms with Crippen LogP contribution in [0.15, 0.2) is 0 Å². The number of hydrogen-bond acceptors (Lipinski definition) is 2. The van der Waals surface area contributed by atoms with E-state index in [1.165, 1.54) is 0 Å². The smallest absolute Gasteiger partial charge is 0.236 e. The summed E-state index contributed by atoms with van der Waals surface area (Å²) in [6.07, 6.45) is -0.554. The Morgan fingerprint density at radius 1 is 1.80 bits per heavy atom. The summed E-state index contributed by atoms with van der Waals surface area (Å²) in [4.78, 5) is 10.8. The second kappa shape index (κ2) is 2.96. The van der Waals surface area contributed by atoms with Gasteiger partial charge in [-0.3, -0.25) is 4.79 Å². The van der Waals surface area contributed by atoms with Crippen LogP contribution in [0.25, 0.3) is 0 Å². The highest BCUT2D eigenvalue weighted by Crippen LogP contribution is 2.09. The molecule has 10 heavy (non-hydrogen) atoms. The van der Waals surface area contributed by atoms with Crippen molar-refractivity contribution in [3.8, 4) is 0 Å². The zero-order valence-corrected chi connectivity index (χ0v) is 5.86. The van der Waals surface area contributed by atoms with E-state index in [2.05, 4.69) is 10.6 Å². The minimum atomic E-state index is -0.859. The topological polar surface area (TPSA) is 41.1 Å². The monoisotopic (exact) mass is 146 g/mol. The SMILES string of the molecule is CNC(=O)[C@H]1C[C@@H](F)CN1. The predicted octanol–water partition coefficient (Wildman–Crippen LogP) is -0.568. The Labute approximate surface area is 59.0 Å². The van der Waals surface area contributed by atoms with Crippen LogP contribution in [-0.2, 0) is 4.79 Å². The van der Waals surface area contributed by atoms with Gasteiger partial charge in [-0.1, -0.05) is 0 Å². The summed E-state index contributed by atoms with van der Waals surface area (Å²) < 4.78 is 12.4. The van der Waals surface area contributed by atoms with Crippen molar-refractivity contribution in [2.75, 3.05) is 13.6 Å². The number of carbonyl (C=O) groups is 1. The van der Waals surface area contributed by atoms with E-state index in [0.717, 1.165) is 0 Å². The van der Waals surface area contributed by atoms with Crippen LogP contribution in [0.5, 0.6) is 0 Å². The van der Waals surface area contributed by atoms with Crippen molar-refractivity contribution in [2.45, 2.75) is 18.6 Å². The Kier molecular flexibility index (Phi) is 2.21. The van der Waals surface area contributed by atoms with Gasteiger partial charge >= 0.3 is 0 Å². The van der Waals surface area contributed by atoms with Crippen LogP contribution in [0.4, 0.5) is 4.39 Å². The molecular formula is C6H11FN2O. The molecular weight excluding hydrogens is 135 g/mol. The lowest BCUT2D eigenvalue weighted by atomic mass is 10.2. The molecule has 0 radical (unpaired) electrons. The third-order valence-corrected chi connectivity index (χ3v) is 1.64. The maximum Gasteiger partial charge on any atom is 0.236 e. The van der Waals surface area contributed by atoms with Gasteiger partial charge in [-0.05, 0) is 0 Å². The molecule has 1 amide bonds. The van der Waals surface area contributed by atoms with E-state index in [0.29, 0.717) is 13.0 Å². The number of hydrogen-bond donors (Lipinski definition) is 2. The number of nitrogens with one attached hydrogen (secondary N) is 2. The average molecular weight is 146 g/mol. The minimum absolute atomic E-state index is 0.125. The molecule has 1 rings (SSSR count). The van der Waals surface area contributed by atoms with E-state index in [1.807, 2.05) is 0 Å². The summed E-state index contributed by atoms with van der Waals surface area (Å²) in [6.45, 7) is 0.304. The highest BCUT2D eigenvalue weighted by Gasteiger charge is 2.28. The zero-order valence-electron chi connectivity index (χ0n) is 5.86. The number of amides is 1. The van der Waals surface area contributed by atoms with E-state index in [9.17, 15) is 9.18 Å². The first-order chi connectivity index (χ1) is 4.74. The molecule has 0 saturated carbocycles. The highest BCUT2D eigenvalue weighted by atomic mass is 19.1. The zero-order chi connectivity index (χ0) is 7.56. The van der Waals surface area contributed by atoms with Gasteiger partial charge in [0.1, 0.15) is 6.17 Å². The van der Waals surface area contributed by atoms with Crippen molar-refractivity contribution in [1.82, 2.24) is 10.6 Å². The lowest BCUT2D eigenvalue weighted by Crippen LogP contribution is -2.38. The van der Waals surface area contributed by atoms with E-state index in [4.69, 9.17) is 0 Å². The second-order valence-electron chi connectivity index (χ2n) is 2.41. The maximum atomic E-state index is 12.4. The number of likely N-dealkylation sites (N-methyl/N-ethyl adjacent to an activating group) is 1. The first-order valence-corrected chi connectivity index (χ1v) is 3.33. The van der Waals surface area contributed by atoms with Crippen LogP contribution in [0, 0.1) is 0 Å². The standard InChI is InChI=1S/C6H11FN2O/c1-8-6(10)5-2-4(7)3-9-5/h4-5,9H,2-3H2,1H3,(H,8,10)/t4-,5-/m1/s1. The Bertz CT molecular complexity index is 140. The van der Waals surface area contributed by atoms with Crippen LogP contribution in [0.3, 0.4) is 0 Å². The lowest BCUT2D eigenvalue weighted by molar-refractivity contribution is -0.122. The van der Waals surface area contributed by atoms with Crippen LogP contribution >= 0.6 is 0 Å². The summed E-state index contributed by atoms with van der Waals surface area (Å²) in [5.74, 6) is -0.125. The van der Waals surface area contributed by atoms with Crippen molar-refractivity contribution in [3.63, 3.8) is 0 Å². The van der Waals surface area contributed by atoms with E-state index in [1.54, 1.807) is 7.05 Å². The van der Waals surface area contributed by atoms with Gasteiger partial charge in [-0.15, -0.1) is 0 Å². The average Bonchev–Trinajstić information content (AvgIpc) is 2.34. The first-order valence-electron chi connectivity index (χ1n) is 3.33. The molecule has 1 aliphatic heterocycles. The Morgan fingerprint density at radius 3 is 2.90 bits per heavy atom. The molecule has 0 bridgehead atoms. The molecule has 0 aromatic heterocycles. The summed E-state index contributed by atoms with van der Waals surface area (Å²) in [6, 6.07) is -0.319. The Morgan fingerprint density at radius 2 is 2.50 bits per heavy atom. The Balaban J connectivity index is 2.37. The number of alkyl halides is 1.